The molecule has 4 rings (SSSR count). The molecule has 8 nitrogen and oxygen atoms in total. The van der Waals surface area contributed by atoms with Gasteiger partial charge in [0.25, 0.3) is 0 Å². The maximum absolute atomic E-state index is 14.2. The molecular weight excluding hydrogens is 496 g/mol. The van der Waals surface area contributed by atoms with Gasteiger partial charge in [-0.15, -0.1) is 0 Å². The minimum Gasteiger partial charge on any atom is -0.469 e. The zero-order valence-corrected chi connectivity index (χ0v) is 21.9. The minimum atomic E-state index is -2.78. The van der Waals surface area contributed by atoms with Crippen molar-refractivity contribution >= 4 is 28.7 Å². The average molecular weight is 528 g/mol. The largest absolute Gasteiger partial charge is 0.469 e. The van der Waals surface area contributed by atoms with Crippen LogP contribution >= 0.6 is 0 Å². The third-order valence-electron chi connectivity index (χ3n) is 6.90. The number of hydrogen-bond donors (Lipinski definition) is 1. The number of para-hydroxylation sites is 1. The molecule has 0 spiro atoms. The van der Waals surface area contributed by atoms with Crippen LogP contribution < -0.4 is 10.3 Å². The van der Waals surface area contributed by atoms with E-state index in [1.165, 1.54) is 14.0 Å². The van der Waals surface area contributed by atoms with Crippen molar-refractivity contribution in [3.8, 4) is 11.3 Å². The van der Waals surface area contributed by atoms with Gasteiger partial charge in [-0.3, -0.25) is 9.59 Å². The van der Waals surface area contributed by atoms with Gasteiger partial charge >= 0.3 is 11.9 Å². The molecule has 38 heavy (non-hydrogen) atoms. The number of benzene rings is 1. The van der Waals surface area contributed by atoms with E-state index in [2.05, 4.69) is 4.98 Å². The van der Waals surface area contributed by atoms with Crippen molar-refractivity contribution < 1.29 is 27.8 Å². The van der Waals surface area contributed by atoms with E-state index in [4.69, 9.17) is 14.5 Å². The first-order valence-electron chi connectivity index (χ1n) is 12.6. The van der Waals surface area contributed by atoms with Crippen LogP contribution in [0.25, 0.3) is 22.2 Å². The number of alkyl halides is 2. The second-order valence-electron chi connectivity index (χ2n) is 9.46. The molecule has 0 amide bonds. The van der Waals surface area contributed by atoms with Crippen molar-refractivity contribution in [1.82, 2.24) is 9.97 Å². The molecule has 202 valence electrons. The molecule has 0 bridgehead atoms. The van der Waals surface area contributed by atoms with Crippen LogP contribution in [-0.4, -0.2) is 54.6 Å². The summed E-state index contributed by atoms with van der Waals surface area (Å²) in [5, 5.41) is 0.742. The predicted octanol–water partition coefficient (Wildman–Crippen LogP) is 4.98. The molecular formula is C28H31F2N3O5. The molecule has 0 aliphatic carbocycles. The molecule has 0 radical (unpaired) electrons. The van der Waals surface area contributed by atoms with Crippen molar-refractivity contribution in [2.75, 3.05) is 31.7 Å². The van der Waals surface area contributed by atoms with E-state index in [0.29, 0.717) is 29.1 Å². The molecule has 3 aromatic rings. The Morgan fingerprint density at radius 2 is 1.95 bits per heavy atom. The van der Waals surface area contributed by atoms with E-state index in [1.807, 2.05) is 24.3 Å². The highest BCUT2D eigenvalue weighted by molar-refractivity contribution is 6.00. The second-order valence-corrected chi connectivity index (χ2v) is 9.46. The van der Waals surface area contributed by atoms with Crippen LogP contribution in [0.2, 0.25) is 0 Å². The number of carbonyl (C=O) groups excluding carboxylic acids is 2. The quantitative estimate of drug-likeness (QED) is 0.451. The number of aryl methyl sites for hydroxylation is 1. The number of aromatic amines is 1. The van der Waals surface area contributed by atoms with E-state index in [9.17, 15) is 23.2 Å². The van der Waals surface area contributed by atoms with Crippen molar-refractivity contribution in [3.05, 3.63) is 57.4 Å². The Bertz CT molecular complexity index is 1440. The van der Waals surface area contributed by atoms with Gasteiger partial charge in [0.1, 0.15) is 11.4 Å². The molecule has 1 N–H and O–H groups in total. The average Bonchev–Trinajstić information content (AvgIpc) is 3.07. The van der Waals surface area contributed by atoms with E-state index in [-0.39, 0.29) is 49.2 Å². The van der Waals surface area contributed by atoms with Crippen LogP contribution in [0, 0.1) is 6.92 Å². The number of rotatable bonds is 6. The number of pyridine rings is 2. The topological polar surface area (TPSA) is 102 Å². The highest BCUT2D eigenvalue weighted by Gasteiger charge is 2.34. The highest BCUT2D eigenvalue weighted by atomic mass is 19.3. The van der Waals surface area contributed by atoms with E-state index in [0.717, 1.165) is 5.39 Å². The standard InChI is InChI=1S/C28H31F2N3O5/c1-5-38-27(36)22-23(31-17(3)21(24(22)34)16(2)26(35)37-4)19-15-18-9-6-7-10-20(18)32-25(19)33-13-8-11-28(29,30)12-14-33/h6-7,9-10,15-16H,5,8,11-14H2,1-4H3,(H,31,34). The third kappa shape index (κ3) is 5.25. The molecule has 1 fully saturated rings. The first-order valence-corrected chi connectivity index (χ1v) is 12.6. The minimum absolute atomic E-state index is 0.0253. The molecule has 1 atom stereocenters. The number of anilines is 1. The van der Waals surface area contributed by atoms with Crippen LogP contribution in [0.1, 0.15) is 60.6 Å². The van der Waals surface area contributed by atoms with Gasteiger partial charge in [-0.25, -0.2) is 18.6 Å². The zero-order valence-electron chi connectivity index (χ0n) is 21.9. The number of halogens is 2. The summed E-state index contributed by atoms with van der Waals surface area (Å²) in [6, 6.07) is 9.11. The van der Waals surface area contributed by atoms with Crippen molar-refractivity contribution in [1.29, 1.82) is 0 Å². The van der Waals surface area contributed by atoms with Gasteiger partial charge in [-0.2, -0.15) is 0 Å². The molecule has 2 aromatic heterocycles. The lowest BCUT2D eigenvalue weighted by molar-refractivity contribution is -0.142. The Kier molecular flexibility index (Phi) is 7.80. The number of fused-ring (bicyclic) bond motifs is 1. The molecule has 1 unspecified atom stereocenters. The van der Waals surface area contributed by atoms with Gasteiger partial charge < -0.3 is 19.4 Å². The van der Waals surface area contributed by atoms with Crippen LogP contribution in [-0.2, 0) is 14.3 Å². The van der Waals surface area contributed by atoms with E-state index < -0.39 is 29.2 Å². The maximum atomic E-state index is 14.2. The number of methoxy groups -OCH3 is 1. The molecule has 0 saturated carbocycles. The van der Waals surface area contributed by atoms with E-state index >= 15 is 0 Å². The number of nitrogens with zero attached hydrogens (tertiary/aromatic N) is 2. The van der Waals surface area contributed by atoms with E-state index in [1.54, 1.807) is 24.8 Å². The number of hydrogen-bond acceptors (Lipinski definition) is 7. The molecule has 1 aliphatic heterocycles. The fraction of sp³-hybridized carbons (Fsp3) is 0.429. The Labute approximate surface area is 219 Å². The molecule has 3 heterocycles. The first kappa shape index (κ1) is 27.2. The molecule has 1 saturated heterocycles. The number of ether oxygens (including phenoxy) is 2. The van der Waals surface area contributed by atoms with Crippen LogP contribution in [0.3, 0.4) is 0 Å². The van der Waals surface area contributed by atoms with Gasteiger partial charge in [0.2, 0.25) is 11.4 Å². The lowest BCUT2D eigenvalue weighted by atomic mass is 9.94. The summed E-state index contributed by atoms with van der Waals surface area (Å²) in [4.78, 5) is 49.0. The van der Waals surface area contributed by atoms with Crippen molar-refractivity contribution in [2.24, 2.45) is 0 Å². The zero-order chi connectivity index (χ0) is 27.6. The van der Waals surface area contributed by atoms with Gasteiger partial charge in [-0.1, -0.05) is 18.2 Å². The van der Waals surface area contributed by atoms with Crippen LogP contribution in [0.4, 0.5) is 14.6 Å². The summed E-state index contributed by atoms with van der Waals surface area (Å²) in [5.41, 5.74) is 0.752. The second kappa shape index (κ2) is 10.9. The number of esters is 2. The Hall–Kier alpha value is -3.82. The van der Waals surface area contributed by atoms with Gasteiger partial charge in [0.15, 0.2) is 0 Å². The SMILES string of the molecule is CCOC(=O)c1c(-c2cc3ccccc3nc2N2CCCC(F)(F)CC2)[nH]c(C)c(C(C)C(=O)OC)c1=O. The summed E-state index contributed by atoms with van der Waals surface area (Å²) < 4.78 is 38.5. The molecule has 1 aromatic carbocycles. The Morgan fingerprint density at radius 1 is 1.21 bits per heavy atom. The number of nitrogens with one attached hydrogen (secondary N) is 1. The summed E-state index contributed by atoms with van der Waals surface area (Å²) in [6.07, 6.45) is -0.301. The fourth-order valence-corrected chi connectivity index (χ4v) is 4.96. The van der Waals surface area contributed by atoms with Gasteiger partial charge in [-0.05, 0) is 39.3 Å². The summed E-state index contributed by atoms with van der Waals surface area (Å²) in [6.45, 7) is 5.20. The summed E-state index contributed by atoms with van der Waals surface area (Å²) in [5.74, 6) is -4.81. The van der Waals surface area contributed by atoms with Crippen LogP contribution in [0.5, 0.6) is 0 Å². The third-order valence-corrected chi connectivity index (χ3v) is 6.90. The molecule has 10 heteroatoms. The Morgan fingerprint density at radius 3 is 2.66 bits per heavy atom. The summed E-state index contributed by atoms with van der Waals surface area (Å²) >= 11 is 0. The fourth-order valence-electron chi connectivity index (χ4n) is 4.96. The maximum Gasteiger partial charge on any atom is 0.344 e. The number of aromatic nitrogens is 2. The summed E-state index contributed by atoms with van der Waals surface area (Å²) in [7, 11) is 1.22. The number of H-pyrrole nitrogens is 1. The highest BCUT2D eigenvalue weighted by Crippen LogP contribution is 2.37. The van der Waals surface area contributed by atoms with Crippen molar-refractivity contribution in [2.45, 2.75) is 51.9 Å². The van der Waals surface area contributed by atoms with Gasteiger partial charge in [0, 0.05) is 48.1 Å². The van der Waals surface area contributed by atoms with Gasteiger partial charge in [0.05, 0.1) is 30.8 Å². The van der Waals surface area contributed by atoms with Crippen molar-refractivity contribution in [3.63, 3.8) is 0 Å². The lowest BCUT2D eigenvalue weighted by Crippen LogP contribution is -2.30. The Balaban J connectivity index is 2.01. The lowest BCUT2D eigenvalue weighted by Gasteiger charge is -2.26. The molecule has 1 aliphatic rings. The smallest absolute Gasteiger partial charge is 0.344 e. The van der Waals surface area contributed by atoms with Crippen LogP contribution in [0.15, 0.2) is 35.1 Å². The normalized spacial score (nSPS) is 16.1. The number of carbonyl (C=O) groups is 2. The first-order chi connectivity index (χ1) is 18.1. The monoisotopic (exact) mass is 527 g/mol. The predicted molar refractivity (Wildman–Crippen MR) is 140 cm³/mol.